The summed E-state index contributed by atoms with van der Waals surface area (Å²) in [4.78, 5) is 12.0. The van der Waals surface area contributed by atoms with Gasteiger partial charge < -0.3 is 5.11 Å². The van der Waals surface area contributed by atoms with Gasteiger partial charge in [0.25, 0.3) is 0 Å². The van der Waals surface area contributed by atoms with Gasteiger partial charge in [-0.05, 0) is 98.0 Å². The minimum absolute atomic E-state index is 0.0456. The molecule has 4 aliphatic carbocycles. The molecule has 1 N–H and O–H groups in total. The van der Waals surface area contributed by atoms with Gasteiger partial charge in [-0.2, -0.15) is 0 Å². The van der Waals surface area contributed by atoms with Crippen LogP contribution in [0.4, 0.5) is 0 Å². The van der Waals surface area contributed by atoms with E-state index in [4.69, 9.17) is 0 Å². The molecular weight excluding hydrogens is 320 g/mol. The first-order valence-electron chi connectivity index (χ1n) is 10.9. The SMILES string of the molecule is CC/C=C(\C)C1CCC2C3C[C@@H](O)C4=CC(=O)CC[C@]4(C)C3CCC12C. The zero-order valence-electron chi connectivity index (χ0n) is 17.1. The van der Waals surface area contributed by atoms with Gasteiger partial charge in [0.1, 0.15) is 0 Å². The first-order valence-corrected chi connectivity index (χ1v) is 10.9. The summed E-state index contributed by atoms with van der Waals surface area (Å²) < 4.78 is 0. The molecule has 4 rings (SSSR count). The summed E-state index contributed by atoms with van der Waals surface area (Å²) in [6, 6.07) is 0. The minimum atomic E-state index is -0.404. The number of aliphatic hydroxyl groups excluding tert-OH is 1. The third-order valence-electron chi connectivity index (χ3n) is 9.05. The van der Waals surface area contributed by atoms with Crippen molar-refractivity contribution < 1.29 is 9.90 Å². The number of allylic oxidation sites excluding steroid dienone is 2. The largest absolute Gasteiger partial charge is 0.389 e. The standard InChI is InChI=1S/C24H36O2/c1-5-6-15(2)18-7-8-19-17-14-22(26)21-13-16(25)9-11-24(21,4)20(17)10-12-23(18,19)3/h6,13,17-20,22,26H,5,7-12,14H2,1-4H3/b15-6+/t17?,18?,19?,20?,22-,23?,24-/m1/s1. The van der Waals surface area contributed by atoms with E-state index in [1.54, 1.807) is 5.57 Å². The Bertz CT molecular complexity index is 659. The summed E-state index contributed by atoms with van der Waals surface area (Å²) in [6.45, 7) is 9.48. The summed E-state index contributed by atoms with van der Waals surface area (Å²) in [7, 11) is 0. The highest BCUT2D eigenvalue weighted by molar-refractivity contribution is 5.91. The number of carbonyl (C=O) groups is 1. The summed E-state index contributed by atoms with van der Waals surface area (Å²) in [5.74, 6) is 2.95. The van der Waals surface area contributed by atoms with Crippen LogP contribution in [0.3, 0.4) is 0 Å². The van der Waals surface area contributed by atoms with E-state index in [2.05, 4.69) is 33.8 Å². The first kappa shape index (κ1) is 18.5. The van der Waals surface area contributed by atoms with Crippen LogP contribution in [0.5, 0.6) is 0 Å². The summed E-state index contributed by atoms with van der Waals surface area (Å²) in [5, 5.41) is 11.0. The molecule has 2 nitrogen and oxygen atoms in total. The Morgan fingerprint density at radius 3 is 2.73 bits per heavy atom. The molecule has 2 heteroatoms. The van der Waals surface area contributed by atoms with E-state index in [0.717, 1.165) is 36.7 Å². The fourth-order valence-corrected chi connectivity index (χ4v) is 7.82. The second-order valence-corrected chi connectivity index (χ2v) is 10.1. The number of hydrogen-bond acceptors (Lipinski definition) is 2. The molecule has 26 heavy (non-hydrogen) atoms. The summed E-state index contributed by atoms with van der Waals surface area (Å²) >= 11 is 0. The Morgan fingerprint density at radius 2 is 2.00 bits per heavy atom. The van der Waals surface area contributed by atoms with Crippen LogP contribution in [-0.4, -0.2) is 17.0 Å². The molecule has 0 aromatic carbocycles. The molecule has 0 spiro atoms. The van der Waals surface area contributed by atoms with Gasteiger partial charge in [-0.1, -0.05) is 32.4 Å². The summed E-state index contributed by atoms with van der Waals surface area (Å²) in [6.07, 6.45) is 12.7. The van der Waals surface area contributed by atoms with Gasteiger partial charge in [-0.25, -0.2) is 0 Å². The van der Waals surface area contributed by atoms with Crippen LogP contribution < -0.4 is 0 Å². The molecule has 0 bridgehead atoms. The van der Waals surface area contributed by atoms with Crippen molar-refractivity contribution in [2.24, 2.45) is 34.5 Å². The van der Waals surface area contributed by atoms with Crippen LogP contribution >= 0.6 is 0 Å². The van der Waals surface area contributed by atoms with Crippen molar-refractivity contribution >= 4 is 5.78 Å². The average molecular weight is 357 g/mol. The fourth-order valence-electron chi connectivity index (χ4n) is 7.82. The zero-order chi connectivity index (χ0) is 18.7. The molecule has 0 amide bonds. The van der Waals surface area contributed by atoms with Crippen molar-refractivity contribution in [3.63, 3.8) is 0 Å². The van der Waals surface area contributed by atoms with E-state index >= 15 is 0 Å². The maximum absolute atomic E-state index is 12.0. The Kier molecular flexibility index (Phi) is 4.50. The van der Waals surface area contributed by atoms with E-state index in [9.17, 15) is 9.90 Å². The lowest BCUT2D eigenvalue weighted by molar-refractivity contribution is -0.119. The summed E-state index contributed by atoms with van der Waals surface area (Å²) in [5.41, 5.74) is 3.11. The Morgan fingerprint density at radius 1 is 1.23 bits per heavy atom. The van der Waals surface area contributed by atoms with Crippen molar-refractivity contribution in [3.8, 4) is 0 Å². The van der Waals surface area contributed by atoms with Crippen molar-refractivity contribution in [1.82, 2.24) is 0 Å². The van der Waals surface area contributed by atoms with Crippen LogP contribution in [0.1, 0.15) is 79.1 Å². The third-order valence-corrected chi connectivity index (χ3v) is 9.05. The van der Waals surface area contributed by atoms with E-state index in [0.29, 0.717) is 23.7 Å². The molecule has 3 fully saturated rings. The quantitative estimate of drug-likeness (QED) is 0.667. The number of fused-ring (bicyclic) bond motifs is 5. The zero-order valence-corrected chi connectivity index (χ0v) is 17.1. The van der Waals surface area contributed by atoms with E-state index < -0.39 is 6.10 Å². The van der Waals surface area contributed by atoms with Gasteiger partial charge in [0.2, 0.25) is 0 Å². The monoisotopic (exact) mass is 356 g/mol. The first-order chi connectivity index (χ1) is 12.3. The number of rotatable bonds is 2. The molecule has 4 aliphatic rings. The lowest BCUT2D eigenvalue weighted by atomic mass is 9.46. The molecular formula is C24H36O2. The van der Waals surface area contributed by atoms with Crippen molar-refractivity contribution in [2.75, 3.05) is 0 Å². The topological polar surface area (TPSA) is 37.3 Å². The smallest absolute Gasteiger partial charge is 0.155 e. The Hall–Kier alpha value is -0.890. The second kappa shape index (κ2) is 6.33. The maximum Gasteiger partial charge on any atom is 0.155 e. The molecule has 0 aliphatic heterocycles. The number of carbonyl (C=O) groups excluding carboxylic acids is 1. The molecule has 0 aromatic rings. The maximum atomic E-state index is 12.0. The average Bonchev–Trinajstić information content (AvgIpc) is 2.94. The van der Waals surface area contributed by atoms with Crippen LogP contribution in [0, 0.1) is 34.5 Å². The van der Waals surface area contributed by atoms with Gasteiger partial charge in [-0.15, -0.1) is 0 Å². The van der Waals surface area contributed by atoms with Crippen molar-refractivity contribution in [3.05, 3.63) is 23.3 Å². The second-order valence-electron chi connectivity index (χ2n) is 10.1. The van der Waals surface area contributed by atoms with Crippen LogP contribution in [0.2, 0.25) is 0 Å². The predicted octanol–water partition coefficient (Wildman–Crippen LogP) is 5.46. The molecule has 3 saturated carbocycles. The van der Waals surface area contributed by atoms with E-state index in [-0.39, 0.29) is 11.2 Å². The number of hydrogen-bond donors (Lipinski definition) is 1. The third kappa shape index (κ3) is 2.51. The van der Waals surface area contributed by atoms with Gasteiger partial charge in [0, 0.05) is 6.42 Å². The fraction of sp³-hybridized carbons (Fsp3) is 0.792. The van der Waals surface area contributed by atoms with Crippen LogP contribution in [0.25, 0.3) is 0 Å². The predicted molar refractivity (Wildman–Crippen MR) is 106 cm³/mol. The number of aliphatic hydroxyl groups is 1. The van der Waals surface area contributed by atoms with Gasteiger partial charge in [0.05, 0.1) is 6.10 Å². The molecule has 144 valence electrons. The molecule has 0 saturated heterocycles. The normalized spacial score (nSPS) is 48.5. The van der Waals surface area contributed by atoms with E-state index in [1.807, 2.05) is 6.08 Å². The lowest BCUT2D eigenvalue weighted by Gasteiger charge is -2.59. The van der Waals surface area contributed by atoms with Gasteiger partial charge >= 0.3 is 0 Å². The van der Waals surface area contributed by atoms with Gasteiger partial charge in [0.15, 0.2) is 5.78 Å². The van der Waals surface area contributed by atoms with Crippen LogP contribution in [0.15, 0.2) is 23.3 Å². The highest BCUT2D eigenvalue weighted by Crippen LogP contribution is 2.67. The van der Waals surface area contributed by atoms with E-state index in [1.165, 1.54) is 25.7 Å². The number of ketones is 1. The highest BCUT2D eigenvalue weighted by Gasteiger charge is 2.60. The van der Waals surface area contributed by atoms with Crippen LogP contribution in [-0.2, 0) is 4.79 Å². The van der Waals surface area contributed by atoms with Gasteiger partial charge in [-0.3, -0.25) is 4.79 Å². The molecule has 7 atom stereocenters. The molecule has 0 heterocycles. The Balaban J connectivity index is 1.67. The molecule has 5 unspecified atom stereocenters. The minimum Gasteiger partial charge on any atom is -0.389 e. The van der Waals surface area contributed by atoms with Crippen molar-refractivity contribution in [1.29, 1.82) is 0 Å². The molecule has 0 radical (unpaired) electrons. The lowest BCUT2D eigenvalue weighted by Crippen LogP contribution is -2.53. The Labute approximate surface area is 159 Å². The highest BCUT2D eigenvalue weighted by atomic mass is 16.3. The molecule has 0 aromatic heterocycles. The van der Waals surface area contributed by atoms with Crippen molar-refractivity contribution in [2.45, 2.75) is 85.2 Å².